The van der Waals surface area contributed by atoms with E-state index in [0.29, 0.717) is 6.54 Å². The molecule has 0 aromatic heterocycles. The molecule has 1 rings (SSSR count). The first-order chi connectivity index (χ1) is 9.10. The van der Waals surface area contributed by atoms with E-state index in [0.717, 1.165) is 0 Å². The number of hydrogen-bond acceptors (Lipinski definition) is 5. The molecule has 1 aliphatic rings. The Kier molecular flexibility index (Phi) is 4.97. The van der Waals surface area contributed by atoms with Gasteiger partial charge in [-0.15, -0.1) is 0 Å². The number of amides is 1. The minimum Gasteiger partial charge on any atom is -0.481 e. The monoisotopic (exact) mass is 287 g/mol. The fourth-order valence-corrected chi connectivity index (χ4v) is 2.02. The molecule has 0 aromatic rings. The number of ether oxygens (including phenoxy) is 2. The Morgan fingerprint density at radius 2 is 1.85 bits per heavy atom. The van der Waals surface area contributed by atoms with Crippen LogP contribution in [0.4, 0.5) is 4.79 Å². The van der Waals surface area contributed by atoms with Gasteiger partial charge >= 0.3 is 18.0 Å². The van der Waals surface area contributed by atoms with Crippen LogP contribution in [0.1, 0.15) is 27.7 Å². The van der Waals surface area contributed by atoms with Crippen LogP contribution in [-0.2, 0) is 19.1 Å². The van der Waals surface area contributed by atoms with E-state index in [1.54, 1.807) is 27.7 Å². The molecular formula is C13H21NO6. The van der Waals surface area contributed by atoms with Gasteiger partial charge in [0.25, 0.3) is 0 Å². The van der Waals surface area contributed by atoms with E-state index in [4.69, 9.17) is 14.6 Å². The first-order valence-electron chi connectivity index (χ1n) is 6.46. The molecule has 1 N–H and O–H groups in total. The van der Waals surface area contributed by atoms with E-state index in [1.165, 1.54) is 4.90 Å². The Morgan fingerprint density at radius 3 is 2.30 bits per heavy atom. The maximum absolute atomic E-state index is 11.7. The Balaban J connectivity index is 2.41. The van der Waals surface area contributed by atoms with Gasteiger partial charge in [0.1, 0.15) is 5.60 Å². The molecule has 0 aromatic carbocycles. The first kappa shape index (κ1) is 16.3. The maximum Gasteiger partial charge on any atom is 0.410 e. The second kappa shape index (κ2) is 6.11. The summed E-state index contributed by atoms with van der Waals surface area (Å²) in [7, 11) is 0. The predicted molar refractivity (Wildman–Crippen MR) is 69.1 cm³/mol. The minimum atomic E-state index is -0.931. The minimum absolute atomic E-state index is 0.101. The molecule has 0 spiro atoms. The van der Waals surface area contributed by atoms with E-state index in [-0.39, 0.29) is 12.5 Å². The van der Waals surface area contributed by atoms with Crippen LogP contribution in [-0.4, -0.2) is 53.3 Å². The van der Waals surface area contributed by atoms with Crippen LogP contribution in [0.15, 0.2) is 0 Å². The lowest BCUT2D eigenvalue weighted by atomic mass is 9.99. The van der Waals surface area contributed by atoms with E-state index in [1.807, 2.05) is 0 Å². The third kappa shape index (κ3) is 4.71. The summed E-state index contributed by atoms with van der Waals surface area (Å²) in [6.07, 6.45) is -0.688. The summed E-state index contributed by atoms with van der Waals surface area (Å²) in [5, 5.41) is 8.98. The third-order valence-corrected chi connectivity index (χ3v) is 2.92. The van der Waals surface area contributed by atoms with Crippen molar-refractivity contribution >= 4 is 18.0 Å². The number of carboxylic acid groups (broad SMARTS) is 1. The molecule has 7 heteroatoms. The van der Waals surface area contributed by atoms with Crippen LogP contribution < -0.4 is 0 Å². The summed E-state index contributed by atoms with van der Waals surface area (Å²) in [6.45, 7) is 6.84. The van der Waals surface area contributed by atoms with Crippen LogP contribution in [0.5, 0.6) is 0 Å². The zero-order valence-electron chi connectivity index (χ0n) is 12.2. The van der Waals surface area contributed by atoms with Crippen molar-refractivity contribution in [3.8, 4) is 0 Å². The highest BCUT2D eigenvalue weighted by atomic mass is 16.6. The number of aliphatic carboxylic acids is 1. The van der Waals surface area contributed by atoms with Gasteiger partial charge in [-0.05, 0) is 26.7 Å². The number of nitrogens with zero attached hydrogens (tertiary/aromatic N) is 1. The van der Waals surface area contributed by atoms with Gasteiger partial charge in [-0.25, -0.2) is 9.59 Å². The molecule has 7 nitrogen and oxygen atoms in total. The zero-order valence-corrected chi connectivity index (χ0v) is 12.2. The molecule has 1 fully saturated rings. The Morgan fingerprint density at radius 1 is 1.25 bits per heavy atom. The zero-order chi connectivity index (χ0) is 15.5. The first-order valence-corrected chi connectivity index (χ1v) is 6.46. The van der Waals surface area contributed by atoms with Crippen LogP contribution >= 0.6 is 0 Å². The predicted octanol–water partition coefficient (Wildman–Crippen LogP) is 1.12. The van der Waals surface area contributed by atoms with Gasteiger partial charge in [0.05, 0.1) is 5.92 Å². The van der Waals surface area contributed by atoms with Crippen molar-refractivity contribution in [3.63, 3.8) is 0 Å². The van der Waals surface area contributed by atoms with E-state index < -0.39 is 36.2 Å². The summed E-state index contributed by atoms with van der Waals surface area (Å²) < 4.78 is 9.83. The van der Waals surface area contributed by atoms with Gasteiger partial charge in [-0.1, -0.05) is 6.92 Å². The lowest BCUT2D eigenvalue weighted by molar-refractivity contribution is -0.158. The maximum atomic E-state index is 11.7. The summed E-state index contributed by atoms with van der Waals surface area (Å²) in [4.78, 5) is 35.4. The molecule has 2 atom stereocenters. The largest absolute Gasteiger partial charge is 0.481 e. The van der Waals surface area contributed by atoms with Crippen molar-refractivity contribution in [1.82, 2.24) is 4.90 Å². The molecule has 2 unspecified atom stereocenters. The van der Waals surface area contributed by atoms with E-state index in [2.05, 4.69) is 0 Å². The van der Waals surface area contributed by atoms with Gasteiger partial charge in [-0.3, -0.25) is 4.79 Å². The molecule has 1 saturated heterocycles. The number of carbonyl (C=O) groups is 3. The van der Waals surface area contributed by atoms with Crippen LogP contribution in [0.25, 0.3) is 0 Å². The SMILES string of the molecule is CC1CN(C(=O)OCC(=O)OC(C)(C)C)CC1C(=O)O. The van der Waals surface area contributed by atoms with Crippen LogP contribution in [0, 0.1) is 11.8 Å². The lowest BCUT2D eigenvalue weighted by Crippen LogP contribution is -2.33. The van der Waals surface area contributed by atoms with Crippen LogP contribution in [0.2, 0.25) is 0 Å². The number of esters is 1. The third-order valence-electron chi connectivity index (χ3n) is 2.92. The second-order valence-corrected chi connectivity index (χ2v) is 5.97. The van der Waals surface area contributed by atoms with Gasteiger partial charge in [0.2, 0.25) is 0 Å². The summed E-state index contributed by atoms with van der Waals surface area (Å²) in [5.41, 5.74) is -0.639. The topological polar surface area (TPSA) is 93.1 Å². The number of rotatable bonds is 3. The molecule has 0 saturated carbocycles. The number of hydrogen-bond donors (Lipinski definition) is 1. The summed E-state index contributed by atoms with van der Waals surface area (Å²) in [6, 6.07) is 0. The second-order valence-electron chi connectivity index (χ2n) is 5.97. The molecule has 1 amide bonds. The summed E-state index contributed by atoms with van der Waals surface area (Å²) >= 11 is 0. The Hall–Kier alpha value is -1.79. The molecular weight excluding hydrogens is 266 g/mol. The molecule has 0 aliphatic carbocycles. The highest BCUT2D eigenvalue weighted by Crippen LogP contribution is 2.23. The van der Waals surface area contributed by atoms with Crippen molar-refractivity contribution in [3.05, 3.63) is 0 Å². The van der Waals surface area contributed by atoms with E-state index in [9.17, 15) is 14.4 Å². The van der Waals surface area contributed by atoms with Crippen molar-refractivity contribution in [2.75, 3.05) is 19.7 Å². The fraction of sp³-hybridized carbons (Fsp3) is 0.769. The van der Waals surface area contributed by atoms with Gasteiger partial charge < -0.3 is 19.5 Å². The molecule has 0 radical (unpaired) electrons. The van der Waals surface area contributed by atoms with Crippen LogP contribution in [0.3, 0.4) is 0 Å². The highest BCUT2D eigenvalue weighted by Gasteiger charge is 2.37. The Labute approximate surface area is 117 Å². The molecule has 0 bridgehead atoms. The van der Waals surface area contributed by atoms with Gasteiger partial charge in [0, 0.05) is 13.1 Å². The Bertz CT molecular complexity index is 400. The smallest absolute Gasteiger partial charge is 0.410 e. The molecule has 1 aliphatic heterocycles. The van der Waals surface area contributed by atoms with Crippen molar-refractivity contribution < 1.29 is 29.0 Å². The number of carbonyl (C=O) groups excluding carboxylic acids is 2. The van der Waals surface area contributed by atoms with Gasteiger partial charge in [0.15, 0.2) is 6.61 Å². The number of carboxylic acids is 1. The molecule has 20 heavy (non-hydrogen) atoms. The average Bonchev–Trinajstić information content (AvgIpc) is 2.66. The van der Waals surface area contributed by atoms with Crippen molar-refractivity contribution in [2.45, 2.75) is 33.3 Å². The van der Waals surface area contributed by atoms with E-state index >= 15 is 0 Å². The van der Waals surface area contributed by atoms with Crippen molar-refractivity contribution in [2.24, 2.45) is 11.8 Å². The molecule has 114 valence electrons. The van der Waals surface area contributed by atoms with Crippen molar-refractivity contribution in [1.29, 1.82) is 0 Å². The lowest BCUT2D eigenvalue weighted by Gasteiger charge is -2.20. The average molecular weight is 287 g/mol. The normalized spacial score (nSPS) is 22.5. The summed E-state index contributed by atoms with van der Waals surface area (Å²) in [5.74, 6) is -2.29. The van der Waals surface area contributed by atoms with Gasteiger partial charge in [-0.2, -0.15) is 0 Å². The highest BCUT2D eigenvalue weighted by molar-refractivity contribution is 5.77. The quantitative estimate of drug-likeness (QED) is 0.782. The fourth-order valence-electron chi connectivity index (χ4n) is 2.02. The standard InChI is InChI=1S/C13H21NO6/c1-8-5-14(6-9(8)11(16)17)12(18)19-7-10(15)20-13(2,3)4/h8-9H,5-7H2,1-4H3,(H,16,17). The molecule has 1 heterocycles. The number of likely N-dealkylation sites (tertiary alicyclic amines) is 1.